The number of hydrogen-bond acceptors (Lipinski definition) is 3. The van der Waals surface area contributed by atoms with E-state index in [-0.39, 0.29) is 0 Å². The molecule has 0 N–H and O–H groups in total. The molecule has 0 fully saturated rings. The van der Waals surface area contributed by atoms with Crippen LogP contribution in [-0.4, -0.2) is 16.5 Å². The maximum atomic E-state index is 9.48. The number of methoxy groups -OCH3 is 1. The van der Waals surface area contributed by atoms with Crippen LogP contribution in [0.4, 0.5) is 0 Å². The van der Waals surface area contributed by atoms with Crippen LogP contribution in [0.5, 0.6) is 5.75 Å². The molecule has 0 radical (unpaired) electrons. The molecule has 0 saturated heterocycles. The Morgan fingerprint density at radius 3 is 2.75 bits per heavy atom. The fourth-order valence-electron chi connectivity index (χ4n) is 2.33. The van der Waals surface area contributed by atoms with E-state index in [2.05, 4.69) is 11.1 Å². The molecule has 0 bridgehead atoms. The molecule has 0 amide bonds. The van der Waals surface area contributed by atoms with Crippen LogP contribution in [0.15, 0.2) is 42.5 Å². The lowest BCUT2D eigenvalue weighted by molar-refractivity contribution is 0.415. The third-order valence-corrected chi connectivity index (χ3v) is 3.29. The Hall–Kier alpha value is -2.80. The Labute approximate surface area is 116 Å². The second-order valence-corrected chi connectivity index (χ2v) is 4.51. The number of aromatic nitrogens is 2. The van der Waals surface area contributed by atoms with E-state index in [4.69, 9.17) is 4.74 Å². The predicted octanol–water partition coefficient (Wildman–Crippen LogP) is 3.19. The second-order valence-electron chi connectivity index (χ2n) is 4.51. The number of imidazole rings is 1. The first-order chi connectivity index (χ1) is 9.74. The Kier molecular flexibility index (Phi) is 2.88. The van der Waals surface area contributed by atoms with Crippen molar-refractivity contribution in [3.8, 4) is 23.1 Å². The van der Waals surface area contributed by atoms with Crippen molar-refractivity contribution in [2.24, 2.45) is 0 Å². The van der Waals surface area contributed by atoms with E-state index in [1.807, 2.05) is 53.8 Å². The van der Waals surface area contributed by atoms with Gasteiger partial charge in [-0.15, -0.1) is 0 Å². The monoisotopic (exact) mass is 263 g/mol. The van der Waals surface area contributed by atoms with E-state index in [9.17, 15) is 5.26 Å². The number of hydrogen-bond donors (Lipinski definition) is 0. The molecule has 3 aromatic rings. The van der Waals surface area contributed by atoms with E-state index in [1.165, 1.54) is 0 Å². The lowest BCUT2D eigenvalue weighted by Crippen LogP contribution is -1.93. The normalized spacial score (nSPS) is 10.4. The molecule has 2 heterocycles. The molecule has 1 aromatic carbocycles. The predicted molar refractivity (Wildman–Crippen MR) is 76.6 cm³/mol. The summed E-state index contributed by atoms with van der Waals surface area (Å²) in [7, 11) is 1.62. The number of rotatable bonds is 2. The minimum atomic E-state index is 0.548. The van der Waals surface area contributed by atoms with Gasteiger partial charge in [0.1, 0.15) is 23.2 Å². The molecular formula is C16H13N3O. The summed E-state index contributed by atoms with van der Waals surface area (Å²) in [5, 5.41) is 9.48. The molecule has 0 aliphatic rings. The average molecular weight is 263 g/mol. The molecule has 0 atom stereocenters. The smallest absolute Gasteiger partial charge is 0.152 e. The van der Waals surface area contributed by atoms with E-state index >= 15 is 0 Å². The average Bonchev–Trinajstić information content (AvgIpc) is 2.87. The SMILES string of the molecule is COc1cccc(-c2nc3cccc(C)n3c2C#N)c1. The number of nitriles is 1. The topological polar surface area (TPSA) is 50.3 Å². The van der Waals surface area contributed by atoms with E-state index in [1.54, 1.807) is 7.11 Å². The fourth-order valence-corrected chi connectivity index (χ4v) is 2.33. The number of aryl methyl sites for hydroxylation is 1. The van der Waals surface area contributed by atoms with E-state index in [0.29, 0.717) is 11.4 Å². The zero-order chi connectivity index (χ0) is 14.1. The molecule has 98 valence electrons. The highest BCUT2D eigenvalue weighted by Crippen LogP contribution is 2.27. The Balaban J connectivity index is 2.31. The van der Waals surface area contributed by atoms with Gasteiger partial charge in [0, 0.05) is 11.3 Å². The van der Waals surface area contributed by atoms with Crippen LogP contribution in [0.1, 0.15) is 11.4 Å². The zero-order valence-corrected chi connectivity index (χ0v) is 11.3. The third-order valence-electron chi connectivity index (χ3n) is 3.29. The van der Waals surface area contributed by atoms with Crippen LogP contribution in [-0.2, 0) is 0 Å². The van der Waals surface area contributed by atoms with Crippen molar-refractivity contribution in [3.63, 3.8) is 0 Å². The highest BCUT2D eigenvalue weighted by molar-refractivity contribution is 5.70. The minimum absolute atomic E-state index is 0.548. The van der Waals surface area contributed by atoms with Gasteiger partial charge in [-0.1, -0.05) is 18.2 Å². The second kappa shape index (κ2) is 4.71. The molecular weight excluding hydrogens is 250 g/mol. The minimum Gasteiger partial charge on any atom is -0.497 e. The summed E-state index contributed by atoms with van der Waals surface area (Å²) >= 11 is 0. The third kappa shape index (κ3) is 1.81. The lowest BCUT2D eigenvalue weighted by Gasteiger charge is -2.03. The van der Waals surface area contributed by atoms with Gasteiger partial charge in [0.05, 0.1) is 7.11 Å². The van der Waals surface area contributed by atoms with Crippen molar-refractivity contribution in [1.82, 2.24) is 9.38 Å². The first-order valence-electron chi connectivity index (χ1n) is 6.27. The van der Waals surface area contributed by atoms with Crippen LogP contribution in [0.2, 0.25) is 0 Å². The first kappa shape index (κ1) is 12.2. The van der Waals surface area contributed by atoms with Gasteiger partial charge in [0.15, 0.2) is 5.69 Å². The summed E-state index contributed by atoms with van der Waals surface area (Å²) in [5.74, 6) is 0.750. The van der Waals surface area contributed by atoms with Crippen molar-refractivity contribution >= 4 is 5.65 Å². The summed E-state index contributed by atoms with van der Waals surface area (Å²) in [6.07, 6.45) is 0. The number of pyridine rings is 1. The molecule has 0 aliphatic heterocycles. The van der Waals surface area contributed by atoms with Gasteiger partial charge in [-0.3, -0.25) is 4.40 Å². The zero-order valence-electron chi connectivity index (χ0n) is 11.3. The lowest BCUT2D eigenvalue weighted by atomic mass is 10.1. The van der Waals surface area contributed by atoms with Crippen molar-refractivity contribution in [2.45, 2.75) is 6.92 Å². The molecule has 3 rings (SSSR count). The Morgan fingerprint density at radius 2 is 2.00 bits per heavy atom. The maximum Gasteiger partial charge on any atom is 0.152 e. The highest BCUT2D eigenvalue weighted by Gasteiger charge is 2.15. The van der Waals surface area contributed by atoms with Crippen LogP contribution < -0.4 is 4.74 Å². The van der Waals surface area contributed by atoms with Gasteiger partial charge < -0.3 is 4.74 Å². The fraction of sp³-hybridized carbons (Fsp3) is 0.125. The molecule has 0 unspecified atom stereocenters. The summed E-state index contributed by atoms with van der Waals surface area (Å²) in [5.41, 5.74) is 3.87. The standard InChI is InChI=1S/C16H13N3O/c1-11-5-3-8-15-18-16(14(10-17)19(11)15)12-6-4-7-13(9-12)20-2/h3-9H,1-2H3. The van der Waals surface area contributed by atoms with Gasteiger partial charge in [-0.25, -0.2) is 4.98 Å². The van der Waals surface area contributed by atoms with Gasteiger partial charge in [0.2, 0.25) is 0 Å². The number of nitrogens with zero attached hydrogens (tertiary/aromatic N) is 3. The highest BCUT2D eigenvalue weighted by atomic mass is 16.5. The van der Waals surface area contributed by atoms with E-state index < -0.39 is 0 Å². The van der Waals surface area contributed by atoms with Crippen molar-refractivity contribution in [1.29, 1.82) is 5.26 Å². The maximum absolute atomic E-state index is 9.48. The van der Waals surface area contributed by atoms with Gasteiger partial charge in [-0.05, 0) is 31.2 Å². The molecule has 20 heavy (non-hydrogen) atoms. The van der Waals surface area contributed by atoms with Gasteiger partial charge in [0.25, 0.3) is 0 Å². The molecule has 4 nitrogen and oxygen atoms in total. The van der Waals surface area contributed by atoms with Crippen molar-refractivity contribution in [3.05, 3.63) is 53.9 Å². The van der Waals surface area contributed by atoms with Gasteiger partial charge in [-0.2, -0.15) is 5.26 Å². The molecule has 2 aromatic heterocycles. The quantitative estimate of drug-likeness (QED) is 0.713. The summed E-state index contributed by atoms with van der Waals surface area (Å²) in [4.78, 5) is 4.57. The number of ether oxygens (including phenoxy) is 1. The van der Waals surface area contributed by atoms with E-state index in [0.717, 1.165) is 22.7 Å². The molecule has 0 saturated carbocycles. The summed E-state index contributed by atoms with van der Waals surface area (Å²) in [6, 6.07) is 15.6. The van der Waals surface area contributed by atoms with Crippen LogP contribution in [0.25, 0.3) is 16.9 Å². The Bertz CT molecular complexity index is 827. The van der Waals surface area contributed by atoms with Crippen LogP contribution >= 0.6 is 0 Å². The first-order valence-corrected chi connectivity index (χ1v) is 6.27. The van der Waals surface area contributed by atoms with Gasteiger partial charge >= 0.3 is 0 Å². The van der Waals surface area contributed by atoms with Crippen molar-refractivity contribution < 1.29 is 4.74 Å². The Morgan fingerprint density at radius 1 is 1.20 bits per heavy atom. The van der Waals surface area contributed by atoms with Crippen LogP contribution in [0, 0.1) is 18.3 Å². The largest absolute Gasteiger partial charge is 0.497 e. The van der Waals surface area contributed by atoms with Crippen molar-refractivity contribution in [2.75, 3.05) is 7.11 Å². The molecule has 0 spiro atoms. The summed E-state index contributed by atoms with van der Waals surface area (Å²) in [6.45, 7) is 1.96. The summed E-state index contributed by atoms with van der Waals surface area (Å²) < 4.78 is 7.10. The molecule has 4 heteroatoms. The number of fused-ring (bicyclic) bond motifs is 1. The van der Waals surface area contributed by atoms with Crippen LogP contribution in [0.3, 0.4) is 0 Å². The number of benzene rings is 1. The molecule has 0 aliphatic carbocycles.